The van der Waals surface area contributed by atoms with Crippen molar-refractivity contribution >= 4 is 28.2 Å². The van der Waals surface area contributed by atoms with Gasteiger partial charge in [0.05, 0.1) is 6.10 Å². The van der Waals surface area contributed by atoms with Crippen LogP contribution in [0.15, 0.2) is 29.8 Å². The van der Waals surface area contributed by atoms with Gasteiger partial charge in [-0.25, -0.2) is 4.79 Å². The van der Waals surface area contributed by atoms with E-state index in [4.69, 9.17) is 0 Å². The highest BCUT2D eigenvalue weighted by atomic mass is 32.1. The quantitative estimate of drug-likeness (QED) is 0.793. The summed E-state index contributed by atoms with van der Waals surface area (Å²) >= 11 is 1.24. The molecule has 2 amide bonds. The minimum atomic E-state index is -0.571. The zero-order valence-corrected chi connectivity index (χ0v) is 10.4. The maximum absolute atomic E-state index is 11.6. The van der Waals surface area contributed by atoms with Crippen molar-refractivity contribution in [3.05, 3.63) is 35.3 Å². The average molecular weight is 264 g/mol. The highest BCUT2D eigenvalue weighted by Gasteiger charge is 2.06. The number of nitrogens with zero attached hydrogens (tertiary/aromatic N) is 2. The molecule has 1 aromatic heterocycles. The minimum Gasteiger partial charge on any atom is -0.389 e. The van der Waals surface area contributed by atoms with E-state index >= 15 is 0 Å². The first kappa shape index (κ1) is 12.5. The maximum atomic E-state index is 11.6. The topological polar surface area (TPSA) is 87.1 Å². The number of carbonyl (C=O) groups excluding carboxylic acids is 1. The SMILES string of the molecule is CC(O)c1cccc(NC(=O)Nc2nncs2)c1. The molecule has 94 valence electrons. The van der Waals surface area contributed by atoms with Gasteiger partial charge >= 0.3 is 6.03 Å². The van der Waals surface area contributed by atoms with E-state index in [0.717, 1.165) is 5.56 Å². The second-order valence-electron chi connectivity index (χ2n) is 3.62. The molecule has 1 atom stereocenters. The number of aliphatic hydroxyl groups is 1. The highest BCUT2D eigenvalue weighted by molar-refractivity contribution is 7.13. The molecule has 0 saturated carbocycles. The Balaban J connectivity index is 2.00. The molecular weight excluding hydrogens is 252 g/mol. The fourth-order valence-electron chi connectivity index (χ4n) is 1.36. The first-order valence-electron chi connectivity index (χ1n) is 5.27. The number of aromatic nitrogens is 2. The summed E-state index contributed by atoms with van der Waals surface area (Å²) in [4.78, 5) is 11.6. The Bertz CT molecular complexity index is 528. The van der Waals surface area contributed by atoms with Gasteiger partial charge in [-0.1, -0.05) is 23.5 Å². The number of carbonyl (C=O) groups is 1. The van der Waals surface area contributed by atoms with E-state index in [1.807, 2.05) is 0 Å². The average Bonchev–Trinajstić information content (AvgIpc) is 2.82. The summed E-state index contributed by atoms with van der Waals surface area (Å²) in [5, 5.41) is 22.4. The normalized spacial score (nSPS) is 11.9. The van der Waals surface area contributed by atoms with Crippen molar-refractivity contribution in [3.8, 4) is 0 Å². The first-order chi connectivity index (χ1) is 8.65. The van der Waals surface area contributed by atoms with Crippen LogP contribution in [0, 0.1) is 0 Å². The minimum absolute atomic E-state index is 0.394. The van der Waals surface area contributed by atoms with Crippen LogP contribution in [-0.4, -0.2) is 21.3 Å². The van der Waals surface area contributed by atoms with Gasteiger partial charge in [-0.3, -0.25) is 5.32 Å². The van der Waals surface area contributed by atoms with E-state index in [0.29, 0.717) is 10.8 Å². The van der Waals surface area contributed by atoms with Crippen LogP contribution < -0.4 is 10.6 Å². The van der Waals surface area contributed by atoms with Crippen molar-refractivity contribution in [3.63, 3.8) is 0 Å². The molecule has 2 rings (SSSR count). The molecule has 1 aromatic carbocycles. The molecule has 0 radical (unpaired) electrons. The molecule has 0 fully saturated rings. The molecule has 0 aliphatic rings. The lowest BCUT2D eigenvalue weighted by Gasteiger charge is -2.08. The second-order valence-corrected chi connectivity index (χ2v) is 4.46. The fraction of sp³-hybridized carbons (Fsp3) is 0.182. The molecule has 7 heteroatoms. The van der Waals surface area contributed by atoms with E-state index in [1.165, 1.54) is 16.8 Å². The number of amides is 2. The molecule has 2 aromatic rings. The van der Waals surface area contributed by atoms with Crippen molar-refractivity contribution in [2.24, 2.45) is 0 Å². The molecule has 0 spiro atoms. The summed E-state index contributed by atoms with van der Waals surface area (Å²) in [6.45, 7) is 1.67. The highest BCUT2D eigenvalue weighted by Crippen LogP contribution is 2.17. The van der Waals surface area contributed by atoms with Gasteiger partial charge in [-0.15, -0.1) is 10.2 Å². The molecule has 18 heavy (non-hydrogen) atoms. The van der Waals surface area contributed by atoms with E-state index in [2.05, 4.69) is 20.8 Å². The molecule has 3 N–H and O–H groups in total. The van der Waals surface area contributed by atoms with Crippen LogP contribution in [0.5, 0.6) is 0 Å². The van der Waals surface area contributed by atoms with Crippen LogP contribution in [0.25, 0.3) is 0 Å². The Morgan fingerprint density at radius 1 is 1.44 bits per heavy atom. The van der Waals surface area contributed by atoms with Crippen molar-refractivity contribution in [2.45, 2.75) is 13.0 Å². The van der Waals surface area contributed by atoms with Crippen LogP contribution in [0.1, 0.15) is 18.6 Å². The number of benzene rings is 1. The number of rotatable bonds is 3. The number of aliphatic hydroxyl groups excluding tert-OH is 1. The summed E-state index contributed by atoms with van der Waals surface area (Å²) in [7, 11) is 0. The number of nitrogens with one attached hydrogen (secondary N) is 2. The second kappa shape index (κ2) is 5.56. The summed E-state index contributed by atoms with van der Waals surface area (Å²) in [6, 6.07) is 6.62. The van der Waals surface area contributed by atoms with Gasteiger partial charge in [0, 0.05) is 5.69 Å². The van der Waals surface area contributed by atoms with E-state index < -0.39 is 12.1 Å². The molecule has 0 aliphatic heterocycles. The largest absolute Gasteiger partial charge is 0.389 e. The summed E-state index contributed by atoms with van der Waals surface area (Å²) in [5.41, 5.74) is 2.88. The Morgan fingerprint density at radius 2 is 2.28 bits per heavy atom. The van der Waals surface area contributed by atoms with E-state index in [-0.39, 0.29) is 0 Å². The molecule has 1 heterocycles. The van der Waals surface area contributed by atoms with Crippen LogP contribution >= 0.6 is 11.3 Å². The smallest absolute Gasteiger partial charge is 0.325 e. The van der Waals surface area contributed by atoms with Crippen molar-refractivity contribution in [1.29, 1.82) is 0 Å². The third kappa shape index (κ3) is 3.25. The number of urea groups is 1. The number of hydrogen-bond acceptors (Lipinski definition) is 5. The molecule has 6 nitrogen and oxygen atoms in total. The standard InChI is InChI=1S/C11H12N4O2S/c1-7(16)8-3-2-4-9(5-8)13-10(17)14-11-15-12-6-18-11/h2-7,16H,1H3,(H2,13,14,15,17). The van der Waals surface area contributed by atoms with Gasteiger partial charge in [0.15, 0.2) is 0 Å². The van der Waals surface area contributed by atoms with Gasteiger partial charge in [0.1, 0.15) is 5.51 Å². The van der Waals surface area contributed by atoms with Crippen molar-refractivity contribution in [1.82, 2.24) is 10.2 Å². The molecule has 0 bridgehead atoms. The first-order valence-corrected chi connectivity index (χ1v) is 6.15. The molecular formula is C11H12N4O2S. The van der Waals surface area contributed by atoms with Crippen molar-refractivity contribution < 1.29 is 9.90 Å². The van der Waals surface area contributed by atoms with Gasteiger partial charge in [-0.05, 0) is 24.6 Å². The lowest BCUT2D eigenvalue weighted by atomic mass is 10.1. The van der Waals surface area contributed by atoms with Crippen LogP contribution in [0.2, 0.25) is 0 Å². The Kier molecular flexibility index (Phi) is 3.85. The predicted molar refractivity (Wildman–Crippen MR) is 69.6 cm³/mol. The summed E-state index contributed by atoms with van der Waals surface area (Å²) in [6.07, 6.45) is -0.571. The van der Waals surface area contributed by atoms with Crippen LogP contribution in [-0.2, 0) is 0 Å². The summed E-state index contributed by atoms with van der Waals surface area (Å²) < 4.78 is 0. The van der Waals surface area contributed by atoms with Gasteiger partial charge < -0.3 is 10.4 Å². The van der Waals surface area contributed by atoms with E-state index in [9.17, 15) is 9.90 Å². The van der Waals surface area contributed by atoms with E-state index in [1.54, 1.807) is 31.2 Å². The van der Waals surface area contributed by atoms with Gasteiger partial charge in [0.25, 0.3) is 0 Å². The number of hydrogen-bond donors (Lipinski definition) is 3. The Morgan fingerprint density at radius 3 is 2.94 bits per heavy atom. The zero-order chi connectivity index (χ0) is 13.0. The fourth-order valence-corrected chi connectivity index (χ4v) is 1.80. The Hall–Kier alpha value is -1.99. The third-order valence-electron chi connectivity index (χ3n) is 2.21. The summed E-state index contributed by atoms with van der Waals surface area (Å²) in [5.74, 6) is 0. The van der Waals surface area contributed by atoms with Crippen molar-refractivity contribution in [2.75, 3.05) is 10.6 Å². The molecule has 1 unspecified atom stereocenters. The molecule has 0 saturated heterocycles. The van der Waals surface area contributed by atoms with Crippen LogP contribution in [0.3, 0.4) is 0 Å². The zero-order valence-electron chi connectivity index (χ0n) is 9.62. The Labute approximate surface area is 108 Å². The molecule has 0 aliphatic carbocycles. The predicted octanol–water partition coefficient (Wildman–Crippen LogP) is 2.24. The lowest BCUT2D eigenvalue weighted by molar-refractivity contribution is 0.199. The van der Waals surface area contributed by atoms with Gasteiger partial charge in [-0.2, -0.15) is 0 Å². The van der Waals surface area contributed by atoms with Crippen LogP contribution in [0.4, 0.5) is 15.6 Å². The number of anilines is 2. The maximum Gasteiger partial charge on any atom is 0.325 e. The van der Waals surface area contributed by atoms with Gasteiger partial charge in [0.2, 0.25) is 5.13 Å². The lowest BCUT2D eigenvalue weighted by Crippen LogP contribution is -2.19. The monoisotopic (exact) mass is 264 g/mol. The third-order valence-corrected chi connectivity index (χ3v) is 2.81.